The summed E-state index contributed by atoms with van der Waals surface area (Å²) < 4.78 is 0. The summed E-state index contributed by atoms with van der Waals surface area (Å²) in [5, 5.41) is 9.74. The largest absolute Gasteiger partial charge is 0.510 e. The Hall–Kier alpha value is -2.08. The van der Waals surface area contributed by atoms with Crippen molar-refractivity contribution in [3.8, 4) is 0 Å². The molecule has 0 saturated heterocycles. The number of aliphatic hydroxyl groups is 1. The average molecular weight is 290 g/mol. The Labute approximate surface area is 120 Å². The van der Waals surface area contributed by atoms with Gasteiger partial charge >= 0.3 is 0 Å². The predicted octanol–water partition coefficient (Wildman–Crippen LogP) is 1.89. The molecule has 0 spiro atoms. The molecule has 0 unspecified atom stereocenters. The number of rotatable bonds is 2. The fourth-order valence-electron chi connectivity index (χ4n) is 1.77. The van der Waals surface area contributed by atoms with E-state index in [1.54, 1.807) is 12.1 Å². The molecule has 20 heavy (non-hydrogen) atoms. The van der Waals surface area contributed by atoms with E-state index in [9.17, 15) is 14.7 Å². The van der Waals surface area contributed by atoms with Gasteiger partial charge in [-0.1, -0.05) is 17.8 Å². The highest BCUT2D eigenvalue weighted by molar-refractivity contribution is 8.15. The zero-order valence-corrected chi connectivity index (χ0v) is 12.0. The second kappa shape index (κ2) is 5.50. The molecule has 6 heteroatoms. The van der Waals surface area contributed by atoms with E-state index in [1.807, 2.05) is 19.9 Å². The third-order valence-corrected chi connectivity index (χ3v) is 4.04. The number of hydrogen-bond acceptors (Lipinski definition) is 4. The van der Waals surface area contributed by atoms with Crippen molar-refractivity contribution in [2.75, 3.05) is 5.75 Å². The fourth-order valence-corrected chi connectivity index (χ4v) is 2.70. The van der Waals surface area contributed by atoms with E-state index in [0.29, 0.717) is 5.56 Å². The lowest BCUT2D eigenvalue weighted by molar-refractivity contribution is -0.114. The van der Waals surface area contributed by atoms with E-state index in [-0.39, 0.29) is 22.1 Å². The van der Waals surface area contributed by atoms with Crippen molar-refractivity contribution in [3.63, 3.8) is 0 Å². The molecular formula is C14H14N2O3S. The smallest absolute Gasteiger partial charge is 0.278 e. The molecule has 5 nitrogen and oxygen atoms in total. The zero-order chi connectivity index (χ0) is 14.9. The number of carbonyl (C=O) groups excluding carboxylic acids is 2. The molecule has 104 valence electrons. The first kappa shape index (κ1) is 14.3. The van der Waals surface area contributed by atoms with Crippen LogP contribution in [0.2, 0.25) is 0 Å². The summed E-state index contributed by atoms with van der Waals surface area (Å²) in [5.74, 6) is -1.16. The SMILES string of the molecule is Cc1ccc(C(=O)N=C2SCC(O)=C2C(N)=O)cc1C. The second-order valence-electron chi connectivity index (χ2n) is 4.50. The maximum atomic E-state index is 12.1. The van der Waals surface area contributed by atoms with E-state index < -0.39 is 11.8 Å². The minimum absolute atomic E-state index is 0.0628. The van der Waals surface area contributed by atoms with Crippen LogP contribution in [0, 0.1) is 13.8 Å². The molecule has 0 radical (unpaired) electrons. The van der Waals surface area contributed by atoms with Crippen LogP contribution >= 0.6 is 11.8 Å². The fraction of sp³-hybridized carbons (Fsp3) is 0.214. The van der Waals surface area contributed by atoms with Crippen LogP contribution in [0.5, 0.6) is 0 Å². The van der Waals surface area contributed by atoms with Crippen LogP contribution in [0.25, 0.3) is 0 Å². The van der Waals surface area contributed by atoms with Crippen molar-refractivity contribution < 1.29 is 14.7 Å². The van der Waals surface area contributed by atoms with E-state index in [1.165, 1.54) is 0 Å². The number of aryl methyl sites for hydroxylation is 2. The number of carbonyl (C=O) groups is 2. The molecule has 1 heterocycles. The minimum Gasteiger partial charge on any atom is -0.510 e. The van der Waals surface area contributed by atoms with Gasteiger partial charge in [-0.3, -0.25) is 9.59 Å². The number of amides is 2. The van der Waals surface area contributed by atoms with Crippen molar-refractivity contribution in [1.29, 1.82) is 0 Å². The van der Waals surface area contributed by atoms with Crippen molar-refractivity contribution >= 4 is 28.6 Å². The lowest BCUT2D eigenvalue weighted by Crippen LogP contribution is -2.19. The molecule has 0 fully saturated rings. The predicted molar refractivity (Wildman–Crippen MR) is 79.0 cm³/mol. The van der Waals surface area contributed by atoms with Crippen molar-refractivity contribution in [2.45, 2.75) is 13.8 Å². The molecule has 1 aromatic rings. The third-order valence-electron chi connectivity index (χ3n) is 3.05. The van der Waals surface area contributed by atoms with Gasteiger partial charge in [0.1, 0.15) is 16.4 Å². The Morgan fingerprint density at radius 3 is 2.60 bits per heavy atom. The van der Waals surface area contributed by atoms with E-state index in [4.69, 9.17) is 5.73 Å². The highest BCUT2D eigenvalue weighted by Gasteiger charge is 2.27. The molecule has 0 bridgehead atoms. The van der Waals surface area contributed by atoms with Gasteiger partial charge in [0.15, 0.2) is 0 Å². The highest BCUT2D eigenvalue weighted by Crippen LogP contribution is 2.26. The summed E-state index contributed by atoms with van der Waals surface area (Å²) in [5.41, 5.74) is 7.63. The molecule has 2 amide bonds. The molecule has 0 saturated carbocycles. The van der Waals surface area contributed by atoms with Gasteiger partial charge < -0.3 is 10.8 Å². The van der Waals surface area contributed by atoms with Gasteiger partial charge in [-0.25, -0.2) is 4.99 Å². The molecule has 0 aliphatic carbocycles. The van der Waals surface area contributed by atoms with Crippen LogP contribution in [-0.2, 0) is 4.79 Å². The first-order valence-corrected chi connectivity index (χ1v) is 6.94. The molecule has 0 atom stereocenters. The van der Waals surface area contributed by atoms with Gasteiger partial charge in [-0.15, -0.1) is 0 Å². The van der Waals surface area contributed by atoms with Crippen LogP contribution in [0.1, 0.15) is 21.5 Å². The molecule has 1 aromatic carbocycles. The Bertz CT molecular complexity index is 662. The number of aliphatic hydroxyl groups excluding tert-OH is 1. The number of benzene rings is 1. The van der Waals surface area contributed by atoms with E-state index in [0.717, 1.165) is 22.9 Å². The number of nitrogens with zero attached hydrogens (tertiary/aromatic N) is 1. The van der Waals surface area contributed by atoms with Crippen molar-refractivity contribution in [1.82, 2.24) is 0 Å². The number of thioether (sulfide) groups is 1. The Kier molecular flexibility index (Phi) is 3.94. The van der Waals surface area contributed by atoms with Gasteiger partial charge in [0.05, 0.1) is 5.75 Å². The Morgan fingerprint density at radius 1 is 1.30 bits per heavy atom. The van der Waals surface area contributed by atoms with E-state index >= 15 is 0 Å². The minimum atomic E-state index is -0.779. The highest BCUT2D eigenvalue weighted by atomic mass is 32.2. The third kappa shape index (κ3) is 2.75. The second-order valence-corrected chi connectivity index (χ2v) is 5.46. The van der Waals surface area contributed by atoms with Gasteiger partial charge in [0, 0.05) is 5.56 Å². The van der Waals surface area contributed by atoms with Crippen LogP contribution < -0.4 is 5.73 Å². The molecular weight excluding hydrogens is 276 g/mol. The maximum Gasteiger partial charge on any atom is 0.278 e. The lowest BCUT2D eigenvalue weighted by Gasteiger charge is -2.03. The normalized spacial score (nSPS) is 16.8. The molecule has 0 aromatic heterocycles. The summed E-state index contributed by atoms with van der Waals surface area (Å²) in [4.78, 5) is 27.2. The maximum absolute atomic E-state index is 12.1. The van der Waals surface area contributed by atoms with Gasteiger partial charge in [-0.2, -0.15) is 0 Å². The Morgan fingerprint density at radius 2 is 2.00 bits per heavy atom. The summed E-state index contributed by atoms with van der Waals surface area (Å²) in [6.45, 7) is 3.86. The van der Waals surface area contributed by atoms with Gasteiger partial charge in [-0.05, 0) is 37.1 Å². The van der Waals surface area contributed by atoms with Crippen LogP contribution in [-0.4, -0.2) is 27.7 Å². The summed E-state index contributed by atoms with van der Waals surface area (Å²) in [6.07, 6.45) is 0. The number of hydrogen-bond donors (Lipinski definition) is 2. The van der Waals surface area contributed by atoms with Crippen LogP contribution in [0.15, 0.2) is 34.5 Å². The number of nitrogens with two attached hydrogens (primary N) is 1. The first-order valence-electron chi connectivity index (χ1n) is 5.95. The first-order chi connectivity index (χ1) is 9.40. The summed E-state index contributed by atoms with van der Waals surface area (Å²) in [6, 6.07) is 5.27. The summed E-state index contributed by atoms with van der Waals surface area (Å²) >= 11 is 1.12. The molecule has 3 N–H and O–H groups in total. The zero-order valence-electron chi connectivity index (χ0n) is 11.1. The van der Waals surface area contributed by atoms with Gasteiger partial charge in [0.2, 0.25) is 0 Å². The molecule has 1 aliphatic heterocycles. The molecule has 1 aliphatic rings. The topological polar surface area (TPSA) is 92.8 Å². The van der Waals surface area contributed by atoms with Crippen LogP contribution in [0.3, 0.4) is 0 Å². The quantitative estimate of drug-likeness (QED) is 0.869. The van der Waals surface area contributed by atoms with Crippen molar-refractivity contribution in [3.05, 3.63) is 46.2 Å². The monoisotopic (exact) mass is 290 g/mol. The summed E-state index contributed by atoms with van der Waals surface area (Å²) in [7, 11) is 0. The van der Waals surface area contributed by atoms with Crippen LogP contribution in [0.4, 0.5) is 0 Å². The van der Waals surface area contributed by atoms with Crippen molar-refractivity contribution in [2.24, 2.45) is 10.7 Å². The lowest BCUT2D eigenvalue weighted by atomic mass is 10.1. The standard InChI is InChI=1S/C14H14N2O3S/c1-7-3-4-9(5-8(7)2)13(19)16-14-11(12(15)18)10(17)6-20-14/h3-5,17H,6H2,1-2H3,(H2,15,18). The van der Waals surface area contributed by atoms with Gasteiger partial charge in [0.25, 0.3) is 11.8 Å². The molecule has 2 rings (SSSR count). The number of primary amides is 1. The average Bonchev–Trinajstić information content (AvgIpc) is 2.73. The van der Waals surface area contributed by atoms with E-state index in [2.05, 4.69) is 4.99 Å². The Balaban J connectivity index is 2.33. The number of aliphatic imine (C=N–C) groups is 1.